The topological polar surface area (TPSA) is 63.3 Å². The molecule has 0 saturated carbocycles. The molecule has 0 aromatic carbocycles. The number of rotatable bonds is 6. The molecule has 1 saturated heterocycles. The van der Waals surface area contributed by atoms with Gasteiger partial charge in [-0.15, -0.1) is 0 Å². The molecular formula is C19H28N4O2. The number of hydrogen-bond donors (Lipinski definition) is 1. The summed E-state index contributed by atoms with van der Waals surface area (Å²) in [7, 11) is 1.78. The summed E-state index contributed by atoms with van der Waals surface area (Å²) in [5, 5.41) is 7.39. The van der Waals surface area contributed by atoms with Crippen LogP contribution in [-0.2, 0) is 7.05 Å². The fraction of sp³-hybridized carbons (Fsp3) is 0.579. The maximum Gasteiger partial charge on any atom is 0.269 e. The summed E-state index contributed by atoms with van der Waals surface area (Å²) in [5.41, 5.74) is 1.23. The van der Waals surface area contributed by atoms with Crippen LogP contribution in [0.3, 0.4) is 0 Å². The molecule has 1 aliphatic rings. The fourth-order valence-electron chi connectivity index (χ4n) is 3.44. The van der Waals surface area contributed by atoms with Crippen molar-refractivity contribution in [1.29, 1.82) is 0 Å². The van der Waals surface area contributed by atoms with Gasteiger partial charge in [0.25, 0.3) is 5.91 Å². The molecule has 6 heteroatoms. The lowest BCUT2D eigenvalue weighted by atomic mass is 10.0. The maximum absolute atomic E-state index is 12.4. The number of piperidine rings is 1. The van der Waals surface area contributed by atoms with Gasteiger partial charge in [-0.1, -0.05) is 6.42 Å². The van der Waals surface area contributed by atoms with E-state index < -0.39 is 0 Å². The van der Waals surface area contributed by atoms with Crippen LogP contribution < -0.4 is 5.32 Å². The molecule has 1 unspecified atom stereocenters. The van der Waals surface area contributed by atoms with E-state index >= 15 is 0 Å². The predicted octanol–water partition coefficient (Wildman–Crippen LogP) is 2.98. The normalized spacial score (nSPS) is 18.4. The van der Waals surface area contributed by atoms with Gasteiger partial charge in [0.2, 0.25) is 0 Å². The number of aryl methyl sites for hydroxylation is 2. The summed E-state index contributed by atoms with van der Waals surface area (Å²) >= 11 is 0. The van der Waals surface area contributed by atoms with Gasteiger partial charge in [-0.3, -0.25) is 9.48 Å². The molecule has 1 amide bonds. The van der Waals surface area contributed by atoms with Gasteiger partial charge in [-0.05, 0) is 51.8 Å². The smallest absolute Gasteiger partial charge is 0.269 e. The van der Waals surface area contributed by atoms with E-state index in [9.17, 15) is 4.79 Å². The van der Waals surface area contributed by atoms with E-state index in [4.69, 9.17) is 4.42 Å². The number of amides is 1. The maximum atomic E-state index is 12.4. The second kappa shape index (κ2) is 7.87. The second-order valence-electron chi connectivity index (χ2n) is 6.94. The number of nitrogens with one attached hydrogen (secondary N) is 1. The second-order valence-corrected chi connectivity index (χ2v) is 6.94. The van der Waals surface area contributed by atoms with E-state index in [-0.39, 0.29) is 5.91 Å². The first-order valence-electron chi connectivity index (χ1n) is 9.17. The van der Waals surface area contributed by atoms with Crippen molar-refractivity contribution in [3.63, 3.8) is 0 Å². The van der Waals surface area contributed by atoms with Crippen molar-refractivity contribution in [3.05, 3.63) is 29.7 Å². The molecule has 0 spiro atoms. The Hall–Kier alpha value is -2.08. The molecule has 2 aromatic heterocycles. The van der Waals surface area contributed by atoms with Crippen molar-refractivity contribution in [2.24, 2.45) is 7.05 Å². The third kappa shape index (κ3) is 4.31. The Balaban J connectivity index is 1.50. The van der Waals surface area contributed by atoms with E-state index in [1.165, 1.54) is 25.8 Å². The highest BCUT2D eigenvalue weighted by atomic mass is 16.3. The number of carbonyl (C=O) groups is 1. The number of aromatic nitrogens is 2. The van der Waals surface area contributed by atoms with Crippen LogP contribution in [0.25, 0.3) is 11.5 Å². The molecule has 136 valence electrons. The van der Waals surface area contributed by atoms with Gasteiger partial charge in [0.1, 0.15) is 17.1 Å². The molecule has 6 nitrogen and oxygen atoms in total. The Morgan fingerprint density at radius 3 is 2.96 bits per heavy atom. The number of carbonyl (C=O) groups excluding carboxylic acids is 1. The van der Waals surface area contributed by atoms with Gasteiger partial charge < -0.3 is 14.6 Å². The molecule has 3 rings (SSSR count). The molecule has 1 N–H and O–H groups in total. The van der Waals surface area contributed by atoms with Crippen LogP contribution in [0.5, 0.6) is 0 Å². The molecule has 0 bridgehead atoms. The zero-order chi connectivity index (χ0) is 17.8. The Morgan fingerprint density at radius 1 is 1.40 bits per heavy atom. The quantitative estimate of drug-likeness (QED) is 0.818. The standard InChI is InChI=1S/C19H28N4O2/c1-14-7-4-5-11-23(14)12-6-10-20-19(24)17-13-16(21-22(17)3)18-9-8-15(2)25-18/h8-9,13-14H,4-7,10-12H2,1-3H3,(H,20,24). The lowest BCUT2D eigenvalue weighted by molar-refractivity contribution is 0.0939. The van der Waals surface area contributed by atoms with E-state index in [0.717, 1.165) is 18.7 Å². The van der Waals surface area contributed by atoms with Crippen molar-refractivity contribution in [2.75, 3.05) is 19.6 Å². The summed E-state index contributed by atoms with van der Waals surface area (Å²) in [6.45, 7) is 7.10. The van der Waals surface area contributed by atoms with Gasteiger partial charge in [0.15, 0.2) is 5.76 Å². The van der Waals surface area contributed by atoms with Gasteiger partial charge in [0, 0.05) is 32.2 Å². The Morgan fingerprint density at radius 2 is 2.24 bits per heavy atom. The fourth-order valence-corrected chi connectivity index (χ4v) is 3.44. The highest BCUT2D eigenvalue weighted by Gasteiger charge is 2.18. The van der Waals surface area contributed by atoms with Crippen molar-refractivity contribution >= 4 is 5.91 Å². The average molecular weight is 344 g/mol. The molecule has 1 atom stereocenters. The SMILES string of the molecule is Cc1ccc(-c2cc(C(=O)NCCCN3CCCCC3C)n(C)n2)o1. The van der Waals surface area contributed by atoms with Gasteiger partial charge >= 0.3 is 0 Å². The molecule has 3 heterocycles. The minimum Gasteiger partial charge on any atom is -0.460 e. The minimum absolute atomic E-state index is 0.0868. The third-order valence-corrected chi connectivity index (χ3v) is 4.95. The summed E-state index contributed by atoms with van der Waals surface area (Å²) in [4.78, 5) is 14.9. The van der Waals surface area contributed by atoms with Crippen molar-refractivity contribution in [3.8, 4) is 11.5 Å². The Labute approximate surface area is 149 Å². The van der Waals surface area contributed by atoms with Crippen LogP contribution in [0, 0.1) is 6.92 Å². The largest absolute Gasteiger partial charge is 0.460 e. The monoisotopic (exact) mass is 344 g/mol. The molecule has 0 aliphatic carbocycles. The van der Waals surface area contributed by atoms with Crippen LogP contribution in [0.4, 0.5) is 0 Å². The molecule has 0 radical (unpaired) electrons. The van der Waals surface area contributed by atoms with Crippen LogP contribution in [0.1, 0.15) is 48.9 Å². The number of likely N-dealkylation sites (tertiary alicyclic amines) is 1. The van der Waals surface area contributed by atoms with E-state index in [0.29, 0.717) is 29.7 Å². The molecule has 2 aromatic rings. The number of hydrogen-bond acceptors (Lipinski definition) is 4. The highest BCUT2D eigenvalue weighted by molar-refractivity contribution is 5.93. The first-order chi connectivity index (χ1) is 12.0. The summed E-state index contributed by atoms with van der Waals surface area (Å²) in [6.07, 6.45) is 4.89. The molecule has 1 aliphatic heterocycles. The number of furan rings is 1. The molecule has 25 heavy (non-hydrogen) atoms. The Bertz CT molecular complexity index is 719. The lowest BCUT2D eigenvalue weighted by Crippen LogP contribution is -2.39. The zero-order valence-corrected chi connectivity index (χ0v) is 15.4. The van der Waals surface area contributed by atoms with Crippen LogP contribution in [0.15, 0.2) is 22.6 Å². The van der Waals surface area contributed by atoms with Crippen molar-refractivity contribution in [2.45, 2.75) is 45.6 Å². The molecular weight excluding hydrogens is 316 g/mol. The van der Waals surface area contributed by atoms with Crippen LogP contribution in [-0.4, -0.2) is 46.3 Å². The van der Waals surface area contributed by atoms with Gasteiger partial charge in [0.05, 0.1) is 0 Å². The average Bonchev–Trinajstić information content (AvgIpc) is 3.19. The van der Waals surface area contributed by atoms with Crippen molar-refractivity contribution < 1.29 is 9.21 Å². The Kier molecular flexibility index (Phi) is 5.58. The van der Waals surface area contributed by atoms with E-state index in [1.54, 1.807) is 17.8 Å². The summed E-state index contributed by atoms with van der Waals surface area (Å²) in [5.74, 6) is 1.43. The summed E-state index contributed by atoms with van der Waals surface area (Å²) in [6, 6.07) is 6.21. The predicted molar refractivity (Wildman–Crippen MR) is 97.5 cm³/mol. The van der Waals surface area contributed by atoms with E-state index in [1.807, 2.05) is 19.1 Å². The van der Waals surface area contributed by atoms with Gasteiger partial charge in [-0.25, -0.2) is 0 Å². The lowest BCUT2D eigenvalue weighted by Gasteiger charge is -2.33. The summed E-state index contributed by atoms with van der Waals surface area (Å²) < 4.78 is 7.19. The zero-order valence-electron chi connectivity index (χ0n) is 15.4. The number of nitrogens with zero attached hydrogens (tertiary/aromatic N) is 3. The first kappa shape index (κ1) is 17.7. The van der Waals surface area contributed by atoms with Crippen LogP contribution in [0.2, 0.25) is 0 Å². The van der Waals surface area contributed by atoms with Gasteiger partial charge in [-0.2, -0.15) is 5.10 Å². The third-order valence-electron chi connectivity index (χ3n) is 4.95. The first-order valence-corrected chi connectivity index (χ1v) is 9.17. The van der Waals surface area contributed by atoms with E-state index in [2.05, 4.69) is 22.2 Å². The highest BCUT2D eigenvalue weighted by Crippen LogP contribution is 2.21. The van der Waals surface area contributed by atoms with Crippen LogP contribution >= 0.6 is 0 Å². The minimum atomic E-state index is -0.0868. The molecule has 1 fully saturated rings. The van der Waals surface area contributed by atoms with Crippen molar-refractivity contribution in [1.82, 2.24) is 20.0 Å².